The second-order valence-electron chi connectivity index (χ2n) is 9.56. The molecule has 0 bridgehead atoms. The molecule has 0 saturated heterocycles. The van der Waals surface area contributed by atoms with Gasteiger partial charge in [-0.3, -0.25) is 0 Å². The molecule has 2 aromatic rings. The number of rotatable bonds is 4. The van der Waals surface area contributed by atoms with Crippen LogP contribution < -0.4 is 0 Å². The van der Waals surface area contributed by atoms with Crippen molar-refractivity contribution in [2.24, 2.45) is 5.41 Å². The van der Waals surface area contributed by atoms with E-state index < -0.39 is 42.4 Å². The van der Waals surface area contributed by atoms with Crippen LogP contribution in [0.15, 0.2) is 76.7 Å². The zero-order chi connectivity index (χ0) is 24.7. The van der Waals surface area contributed by atoms with Gasteiger partial charge in [-0.2, -0.15) is 13.2 Å². The summed E-state index contributed by atoms with van der Waals surface area (Å²) >= 11 is 0. The van der Waals surface area contributed by atoms with Gasteiger partial charge in [0, 0.05) is 5.41 Å². The first-order valence-electron chi connectivity index (χ1n) is 10.5. The summed E-state index contributed by atoms with van der Waals surface area (Å²) in [6, 6.07) is 15.5. The molecular weight excluding hydrogens is 449 g/mol. The minimum atomic E-state index is -5.28. The third-order valence-electron chi connectivity index (χ3n) is 5.35. The van der Waals surface area contributed by atoms with Crippen LogP contribution in [0.25, 0.3) is 0 Å². The highest BCUT2D eigenvalue weighted by Crippen LogP contribution is 2.55. The lowest BCUT2D eigenvalue weighted by atomic mass is 9.88. The van der Waals surface area contributed by atoms with E-state index in [2.05, 4.69) is 11.8 Å². The Labute approximate surface area is 193 Å². The molecule has 3 rings (SSSR count). The Bertz CT molecular complexity index is 1210. The molecule has 0 aliphatic carbocycles. The molecule has 1 atom stereocenters. The predicted octanol–water partition coefficient (Wildman–Crippen LogP) is 6.12. The maximum Gasteiger partial charge on any atom is 0.437 e. The van der Waals surface area contributed by atoms with Gasteiger partial charge in [0.2, 0.25) is 9.84 Å². The van der Waals surface area contributed by atoms with Gasteiger partial charge in [-0.25, -0.2) is 8.42 Å². The Morgan fingerprint density at radius 1 is 0.909 bits per heavy atom. The third-order valence-corrected chi connectivity index (χ3v) is 7.52. The molecule has 0 spiro atoms. The lowest BCUT2D eigenvalue weighted by Crippen LogP contribution is -2.55. The third kappa shape index (κ3) is 4.60. The summed E-state index contributed by atoms with van der Waals surface area (Å²) < 4.78 is 77.7. The first kappa shape index (κ1) is 25.1. The van der Waals surface area contributed by atoms with Gasteiger partial charge in [0.05, 0.1) is 16.1 Å². The van der Waals surface area contributed by atoms with E-state index in [0.717, 1.165) is 17.7 Å². The van der Waals surface area contributed by atoms with Crippen LogP contribution in [0.4, 0.5) is 13.2 Å². The van der Waals surface area contributed by atoms with Crippen molar-refractivity contribution in [3.05, 3.63) is 77.4 Å². The minimum Gasteiger partial charge on any atom is -0.337 e. The molecule has 0 fully saturated rings. The van der Waals surface area contributed by atoms with E-state index >= 15 is 0 Å². The number of benzene rings is 2. The van der Waals surface area contributed by atoms with Crippen LogP contribution in [0, 0.1) is 17.3 Å². The smallest absolute Gasteiger partial charge is 0.337 e. The fraction of sp³-hybridized carbons (Fsp3) is 0.385. The number of alkyl halides is 3. The van der Waals surface area contributed by atoms with E-state index in [-0.39, 0.29) is 12.0 Å². The number of sulfone groups is 1. The molecule has 1 heterocycles. The molecule has 1 unspecified atom stereocenters. The second kappa shape index (κ2) is 8.34. The number of hydrogen-bond acceptors (Lipinski definition) is 3. The molecule has 0 amide bonds. The molecule has 3 nitrogen and oxygen atoms in total. The average Bonchev–Trinajstić information content (AvgIpc) is 2.95. The van der Waals surface area contributed by atoms with Crippen molar-refractivity contribution in [1.29, 1.82) is 0 Å². The monoisotopic (exact) mass is 476 g/mol. The molecule has 1 aliphatic rings. The molecule has 33 heavy (non-hydrogen) atoms. The summed E-state index contributed by atoms with van der Waals surface area (Å²) in [5, 5.41) is 0. The van der Waals surface area contributed by atoms with Crippen LogP contribution in [0.3, 0.4) is 0 Å². The van der Waals surface area contributed by atoms with Gasteiger partial charge in [0.15, 0.2) is 0 Å². The van der Waals surface area contributed by atoms with Crippen molar-refractivity contribution in [3.63, 3.8) is 0 Å². The second-order valence-corrected chi connectivity index (χ2v) is 11.6. The van der Waals surface area contributed by atoms with Crippen LogP contribution in [-0.4, -0.2) is 25.1 Å². The predicted molar refractivity (Wildman–Crippen MR) is 122 cm³/mol. The highest BCUT2D eigenvalue weighted by atomic mass is 32.2. The van der Waals surface area contributed by atoms with Crippen LogP contribution in [-0.2, 0) is 21.0 Å². The molecule has 0 N–H and O–H groups in total. The van der Waals surface area contributed by atoms with Crippen molar-refractivity contribution < 1.29 is 26.3 Å². The van der Waals surface area contributed by atoms with Crippen LogP contribution in [0.2, 0.25) is 0 Å². The van der Waals surface area contributed by atoms with E-state index in [0.29, 0.717) is 0 Å². The van der Waals surface area contributed by atoms with Gasteiger partial charge < -0.3 is 4.74 Å². The van der Waals surface area contributed by atoms with Crippen LogP contribution >= 0.6 is 0 Å². The summed E-state index contributed by atoms with van der Waals surface area (Å²) in [6.45, 7) is 8.16. The fourth-order valence-corrected chi connectivity index (χ4v) is 5.70. The molecule has 0 radical (unpaired) electrons. The van der Waals surface area contributed by atoms with Gasteiger partial charge in [0.25, 0.3) is 0 Å². The molecule has 2 aromatic carbocycles. The zero-order valence-corrected chi connectivity index (χ0v) is 20.1. The highest BCUT2D eigenvalue weighted by Gasteiger charge is 2.73. The Kier molecular flexibility index (Phi) is 6.33. The first-order chi connectivity index (χ1) is 15.1. The van der Waals surface area contributed by atoms with Crippen LogP contribution in [0.5, 0.6) is 0 Å². The molecule has 7 heteroatoms. The molecule has 0 saturated carbocycles. The first-order valence-corrected chi connectivity index (χ1v) is 12.0. The number of hydrogen-bond donors (Lipinski definition) is 0. The maximum absolute atomic E-state index is 14.9. The normalized spacial score (nSPS) is 21.0. The van der Waals surface area contributed by atoms with E-state index in [4.69, 9.17) is 4.74 Å². The maximum atomic E-state index is 14.9. The lowest BCUT2D eigenvalue weighted by Gasteiger charge is -2.34. The van der Waals surface area contributed by atoms with Gasteiger partial charge in [-0.15, -0.1) is 0 Å². The van der Waals surface area contributed by atoms with Gasteiger partial charge in [0.1, 0.15) is 0 Å². The van der Waals surface area contributed by atoms with Crippen molar-refractivity contribution in [2.75, 3.05) is 0 Å². The summed E-state index contributed by atoms with van der Waals surface area (Å²) in [5.74, 6) is 5.44. The molecule has 1 aliphatic heterocycles. The standard InChI is InChI=1S/C26H27F3O3S/c1-23(2,3)17-16-21-22(18-19-12-8-6-9-13-19)24(4,5)32-25(21,26(27,28)29)33(30,31)20-14-10-7-11-15-20/h6-15H,18H2,1-5H3. The van der Waals surface area contributed by atoms with Crippen molar-refractivity contribution in [1.82, 2.24) is 0 Å². The van der Waals surface area contributed by atoms with E-state index in [1.54, 1.807) is 51.1 Å². The number of halogens is 3. The Morgan fingerprint density at radius 3 is 1.91 bits per heavy atom. The fourth-order valence-electron chi connectivity index (χ4n) is 3.79. The SMILES string of the molecule is CC(C)(C)C#CC1=C(Cc2ccccc2)C(C)(C)OC1(C(F)(F)F)S(=O)(=O)c1ccccc1. The van der Waals surface area contributed by atoms with E-state index in [9.17, 15) is 21.6 Å². The van der Waals surface area contributed by atoms with E-state index in [1.807, 2.05) is 0 Å². The van der Waals surface area contributed by atoms with Crippen molar-refractivity contribution in [3.8, 4) is 11.8 Å². The van der Waals surface area contributed by atoms with Gasteiger partial charge in [-0.05, 0) is 64.3 Å². The van der Waals surface area contributed by atoms with Gasteiger partial charge >= 0.3 is 11.1 Å². The average molecular weight is 477 g/mol. The van der Waals surface area contributed by atoms with Gasteiger partial charge in [-0.1, -0.05) is 60.4 Å². The summed E-state index contributed by atoms with van der Waals surface area (Å²) in [5.41, 5.74) is -1.82. The summed E-state index contributed by atoms with van der Waals surface area (Å²) in [6.07, 6.45) is -5.20. The van der Waals surface area contributed by atoms with Crippen LogP contribution in [0.1, 0.15) is 40.2 Å². The molecule has 0 aromatic heterocycles. The van der Waals surface area contributed by atoms with Crippen molar-refractivity contribution in [2.45, 2.75) is 62.6 Å². The molecule has 176 valence electrons. The Balaban J connectivity index is 2.42. The minimum absolute atomic E-state index is 0.0735. The highest BCUT2D eigenvalue weighted by molar-refractivity contribution is 7.93. The summed E-state index contributed by atoms with van der Waals surface area (Å²) in [4.78, 5) is -4.10. The number of ether oxygens (including phenoxy) is 1. The zero-order valence-electron chi connectivity index (χ0n) is 19.2. The lowest BCUT2D eigenvalue weighted by molar-refractivity contribution is -0.238. The quantitative estimate of drug-likeness (QED) is 0.500. The van der Waals surface area contributed by atoms with Crippen molar-refractivity contribution >= 4 is 9.84 Å². The summed E-state index contributed by atoms with van der Waals surface area (Å²) in [7, 11) is -5.08. The largest absolute Gasteiger partial charge is 0.437 e. The van der Waals surface area contributed by atoms with E-state index in [1.165, 1.54) is 32.0 Å². The topological polar surface area (TPSA) is 43.4 Å². The Hall–Kier alpha value is -2.56. The Morgan fingerprint density at radius 2 is 1.42 bits per heavy atom. The molecular formula is C26H27F3O3S.